The van der Waals surface area contributed by atoms with E-state index >= 15 is 0 Å². The van der Waals surface area contributed by atoms with Gasteiger partial charge in [-0.15, -0.1) is 0 Å². The van der Waals surface area contributed by atoms with Crippen molar-refractivity contribution < 1.29 is 14.3 Å². The molecule has 0 saturated carbocycles. The molecule has 0 bridgehead atoms. The molecule has 0 spiro atoms. The Morgan fingerprint density at radius 2 is 2.29 bits per heavy atom. The molecular weight excluding hydrogens is 304 g/mol. The minimum absolute atomic E-state index is 0.231. The largest absolute Gasteiger partial charge is 0.376 e. The molecular formula is C19H28N2O3. The molecule has 24 heavy (non-hydrogen) atoms. The van der Waals surface area contributed by atoms with Crippen LogP contribution >= 0.6 is 0 Å². The SMILES string of the molecule is CCCC(=O)N1C[C@H]2[C@@H](CCOCc3cccc(C)n3)CO[C@H]2C1. The van der Waals surface area contributed by atoms with Gasteiger partial charge in [0.25, 0.3) is 0 Å². The standard InChI is InChI=1S/C19H28N2O3/c1-3-5-19(22)21-10-17-15(12-24-18(17)11-21)8-9-23-13-16-7-4-6-14(2)20-16/h4,6-7,15,17-18H,3,5,8-13H2,1-2H3/t15-,17-,18-/m0/s1. The molecule has 0 aromatic carbocycles. The summed E-state index contributed by atoms with van der Waals surface area (Å²) < 4.78 is 11.7. The maximum absolute atomic E-state index is 12.1. The number of hydrogen-bond donors (Lipinski definition) is 0. The smallest absolute Gasteiger partial charge is 0.222 e. The van der Waals surface area contributed by atoms with Crippen LogP contribution in [0.4, 0.5) is 0 Å². The number of rotatable bonds is 7. The third-order valence-corrected chi connectivity index (χ3v) is 5.08. The first-order valence-corrected chi connectivity index (χ1v) is 9.07. The van der Waals surface area contributed by atoms with Gasteiger partial charge < -0.3 is 14.4 Å². The van der Waals surface area contributed by atoms with E-state index in [9.17, 15) is 4.79 Å². The Kier molecular flexibility index (Phi) is 5.85. The predicted molar refractivity (Wildman–Crippen MR) is 91.5 cm³/mol. The van der Waals surface area contributed by atoms with Crippen LogP contribution in [0.2, 0.25) is 0 Å². The van der Waals surface area contributed by atoms with Crippen LogP contribution in [0.25, 0.3) is 0 Å². The van der Waals surface area contributed by atoms with Crippen LogP contribution < -0.4 is 0 Å². The van der Waals surface area contributed by atoms with Crippen molar-refractivity contribution in [1.82, 2.24) is 9.88 Å². The molecule has 0 unspecified atom stereocenters. The molecule has 3 rings (SSSR count). The highest BCUT2D eigenvalue weighted by atomic mass is 16.5. The molecule has 5 heteroatoms. The zero-order chi connectivity index (χ0) is 16.9. The Morgan fingerprint density at radius 1 is 1.42 bits per heavy atom. The van der Waals surface area contributed by atoms with E-state index in [4.69, 9.17) is 9.47 Å². The van der Waals surface area contributed by atoms with Gasteiger partial charge in [-0.1, -0.05) is 13.0 Å². The van der Waals surface area contributed by atoms with Crippen LogP contribution in [0.5, 0.6) is 0 Å². The van der Waals surface area contributed by atoms with E-state index in [0.717, 1.165) is 50.5 Å². The summed E-state index contributed by atoms with van der Waals surface area (Å²) in [7, 11) is 0. The van der Waals surface area contributed by atoms with Crippen LogP contribution in [0.1, 0.15) is 37.6 Å². The van der Waals surface area contributed by atoms with E-state index in [2.05, 4.69) is 11.9 Å². The number of fused-ring (bicyclic) bond motifs is 1. The van der Waals surface area contributed by atoms with Gasteiger partial charge in [-0.3, -0.25) is 9.78 Å². The Labute approximate surface area is 144 Å². The molecule has 0 N–H and O–H groups in total. The van der Waals surface area contributed by atoms with Crippen LogP contribution in [-0.4, -0.2) is 48.2 Å². The van der Waals surface area contributed by atoms with Crippen LogP contribution in [0, 0.1) is 18.8 Å². The van der Waals surface area contributed by atoms with Gasteiger partial charge in [-0.2, -0.15) is 0 Å². The predicted octanol–water partition coefficient (Wildman–Crippen LogP) is 2.57. The lowest BCUT2D eigenvalue weighted by atomic mass is 9.91. The quantitative estimate of drug-likeness (QED) is 0.720. The molecule has 5 nitrogen and oxygen atoms in total. The van der Waals surface area contributed by atoms with Crippen molar-refractivity contribution in [3.8, 4) is 0 Å². The third kappa shape index (κ3) is 4.14. The maximum Gasteiger partial charge on any atom is 0.222 e. The van der Waals surface area contributed by atoms with Gasteiger partial charge in [0, 0.05) is 37.7 Å². The summed E-state index contributed by atoms with van der Waals surface area (Å²) in [5, 5.41) is 0. The number of aromatic nitrogens is 1. The summed E-state index contributed by atoms with van der Waals surface area (Å²) in [6.45, 7) is 7.75. The minimum atomic E-state index is 0.231. The zero-order valence-electron chi connectivity index (χ0n) is 14.7. The number of pyridine rings is 1. The lowest BCUT2D eigenvalue weighted by Gasteiger charge is -2.19. The minimum Gasteiger partial charge on any atom is -0.376 e. The maximum atomic E-state index is 12.1. The summed E-state index contributed by atoms with van der Waals surface area (Å²) >= 11 is 0. The fraction of sp³-hybridized carbons (Fsp3) is 0.684. The van der Waals surface area contributed by atoms with Gasteiger partial charge in [-0.25, -0.2) is 0 Å². The van der Waals surface area contributed by atoms with E-state index in [0.29, 0.717) is 24.9 Å². The molecule has 1 amide bonds. The Hall–Kier alpha value is -1.46. The second-order valence-electron chi connectivity index (χ2n) is 6.96. The number of likely N-dealkylation sites (tertiary alicyclic amines) is 1. The highest BCUT2D eigenvalue weighted by Crippen LogP contribution is 2.35. The molecule has 2 fully saturated rings. The first-order valence-electron chi connectivity index (χ1n) is 9.07. The number of hydrogen-bond acceptors (Lipinski definition) is 4. The molecule has 2 saturated heterocycles. The summed E-state index contributed by atoms with van der Waals surface area (Å²) in [6, 6.07) is 6.00. The first kappa shape index (κ1) is 17.4. The summed E-state index contributed by atoms with van der Waals surface area (Å²) in [6.07, 6.45) is 2.78. The summed E-state index contributed by atoms with van der Waals surface area (Å²) in [5.41, 5.74) is 2.00. The molecule has 1 aromatic heterocycles. The van der Waals surface area contributed by atoms with Crippen molar-refractivity contribution in [1.29, 1.82) is 0 Å². The molecule has 0 aliphatic carbocycles. The second-order valence-corrected chi connectivity index (χ2v) is 6.96. The number of ether oxygens (including phenoxy) is 2. The highest BCUT2D eigenvalue weighted by molar-refractivity contribution is 5.76. The molecule has 3 heterocycles. The Bertz CT molecular complexity index is 563. The summed E-state index contributed by atoms with van der Waals surface area (Å²) in [4.78, 5) is 18.5. The molecule has 0 radical (unpaired) electrons. The normalized spacial score (nSPS) is 25.9. The zero-order valence-corrected chi connectivity index (χ0v) is 14.7. The first-order chi connectivity index (χ1) is 11.7. The van der Waals surface area contributed by atoms with Crippen molar-refractivity contribution in [2.24, 2.45) is 11.8 Å². The van der Waals surface area contributed by atoms with Gasteiger partial charge in [0.15, 0.2) is 0 Å². The molecule has 2 aliphatic heterocycles. The Morgan fingerprint density at radius 3 is 3.08 bits per heavy atom. The molecule has 132 valence electrons. The van der Waals surface area contributed by atoms with Crippen molar-refractivity contribution in [2.75, 3.05) is 26.3 Å². The number of nitrogens with zero attached hydrogens (tertiary/aromatic N) is 2. The average Bonchev–Trinajstić information content (AvgIpc) is 3.13. The van der Waals surface area contributed by atoms with E-state index < -0.39 is 0 Å². The number of carbonyl (C=O) groups excluding carboxylic acids is 1. The van der Waals surface area contributed by atoms with Crippen molar-refractivity contribution in [3.63, 3.8) is 0 Å². The number of carbonyl (C=O) groups is 1. The molecule has 3 atom stereocenters. The molecule has 1 aromatic rings. The third-order valence-electron chi connectivity index (χ3n) is 5.08. The van der Waals surface area contributed by atoms with Crippen molar-refractivity contribution >= 4 is 5.91 Å². The number of amides is 1. The number of aryl methyl sites for hydroxylation is 1. The summed E-state index contributed by atoms with van der Waals surface area (Å²) in [5.74, 6) is 1.25. The topological polar surface area (TPSA) is 51.7 Å². The van der Waals surface area contributed by atoms with Gasteiger partial charge in [0.2, 0.25) is 5.91 Å². The monoisotopic (exact) mass is 332 g/mol. The van der Waals surface area contributed by atoms with Crippen LogP contribution in [0.3, 0.4) is 0 Å². The van der Waals surface area contributed by atoms with Crippen LogP contribution in [0.15, 0.2) is 18.2 Å². The van der Waals surface area contributed by atoms with Gasteiger partial charge in [0.1, 0.15) is 0 Å². The molecule has 2 aliphatic rings. The van der Waals surface area contributed by atoms with E-state index in [-0.39, 0.29) is 12.0 Å². The van der Waals surface area contributed by atoms with Crippen molar-refractivity contribution in [3.05, 3.63) is 29.6 Å². The lowest BCUT2D eigenvalue weighted by Crippen LogP contribution is -2.31. The lowest BCUT2D eigenvalue weighted by molar-refractivity contribution is -0.131. The van der Waals surface area contributed by atoms with Gasteiger partial charge in [-0.05, 0) is 37.8 Å². The van der Waals surface area contributed by atoms with E-state index in [1.165, 1.54) is 0 Å². The average molecular weight is 332 g/mol. The van der Waals surface area contributed by atoms with Gasteiger partial charge in [0.05, 0.1) is 25.0 Å². The van der Waals surface area contributed by atoms with Crippen LogP contribution in [-0.2, 0) is 20.9 Å². The highest BCUT2D eigenvalue weighted by Gasteiger charge is 2.44. The van der Waals surface area contributed by atoms with Crippen molar-refractivity contribution in [2.45, 2.75) is 45.8 Å². The fourth-order valence-electron chi connectivity index (χ4n) is 3.76. The van der Waals surface area contributed by atoms with E-state index in [1.807, 2.05) is 30.0 Å². The van der Waals surface area contributed by atoms with E-state index in [1.54, 1.807) is 0 Å². The van der Waals surface area contributed by atoms with Gasteiger partial charge >= 0.3 is 0 Å². The Balaban J connectivity index is 1.41. The second kappa shape index (κ2) is 8.08. The fourth-order valence-corrected chi connectivity index (χ4v) is 3.76.